The maximum Gasteiger partial charge on any atom is 0.346 e. The minimum atomic E-state index is -1.19. The van der Waals surface area contributed by atoms with Crippen LogP contribution in [0.3, 0.4) is 0 Å². The van der Waals surface area contributed by atoms with E-state index in [1.54, 1.807) is 6.08 Å². The highest BCUT2D eigenvalue weighted by Gasteiger charge is 2.39. The van der Waals surface area contributed by atoms with Gasteiger partial charge >= 0.3 is 5.97 Å². The lowest BCUT2D eigenvalue weighted by molar-refractivity contribution is -0.132. The molecule has 1 aromatic carbocycles. The summed E-state index contributed by atoms with van der Waals surface area (Å²) in [5, 5.41) is 28.5. The monoisotopic (exact) mass is 487 g/mol. The third kappa shape index (κ3) is 4.85. The van der Waals surface area contributed by atoms with Crippen molar-refractivity contribution in [2.75, 3.05) is 31.1 Å². The number of rotatable bonds is 6. The van der Waals surface area contributed by atoms with Crippen molar-refractivity contribution in [2.24, 2.45) is 5.92 Å². The highest BCUT2D eigenvalue weighted by Crippen LogP contribution is 2.47. The van der Waals surface area contributed by atoms with E-state index >= 15 is 0 Å². The molecule has 0 radical (unpaired) electrons. The summed E-state index contributed by atoms with van der Waals surface area (Å²) in [5.41, 5.74) is 6.66. The molecule has 6 nitrogen and oxygen atoms in total. The first kappa shape index (κ1) is 25.8. The number of carboxylic acid groups (broad SMARTS) is 1. The van der Waals surface area contributed by atoms with Crippen LogP contribution in [0, 0.1) is 17.2 Å². The molecular formula is C30H37N3O3. The number of aliphatic carboxylic acids is 1. The van der Waals surface area contributed by atoms with Crippen molar-refractivity contribution >= 4 is 11.7 Å². The predicted molar refractivity (Wildman–Crippen MR) is 142 cm³/mol. The minimum Gasteiger partial charge on any atom is -0.477 e. The third-order valence-electron chi connectivity index (χ3n) is 7.92. The molecule has 1 aliphatic carbocycles. The molecule has 36 heavy (non-hydrogen) atoms. The Morgan fingerprint density at radius 2 is 1.92 bits per heavy atom. The molecule has 6 heteroatoms. The zero-order valence-electron chi connectivity index (χ0n) is 21.6. The van der Waals surface area contributed by atoms with Gasteiger partial charge in [0.1, 0.15) is 11.6 Å². The first-order chi connectivity index (χ1) is 17.3. The minimum absolute atomic E-state index is 0.123. The number of likely N-dealkylation sites (N-methyl/N-ethyl adjacent to an activating group) is 1. The molecule has 2 heterocycles. The molecule has 190 valence electrons. The van der Waals surface area contributed by atoms with E-state index in [0.29, 0.717) is 5.92 Å². The predicted octanol–water partition coefficient (Wildman–Crippen LogP) is 5.29. The van der Waals surface area contributed by atoms with Crippen molar-refractivity contribution in [1.29, 1.82) is 5.26 Å². The van der Waals surface area contributed by atoms with E-state index in [1.807, 2.05) is 6.07 Å². The van der Waals surface area contributed by atoms with E-state index in [9.17, 15) is 20.3 Å². The smallest absolute Gasteiger partial charge is 0.346 e. The molecule has 2 N–H and O–H groups in total. The molecule has 0 saturated carbocycles. The molecule has 0 bridgehead atoms. The number of aliphatic hydroxyl groups is 1. The van der Waals surface area contributed by atoms with Crippen molar-refractivity contribution in [1.82, 2.24) is 4.90 Å². The second-order valence-corrected chi connectivity index (χ2v) is 10.4. The van der Waals surface area contributed by atoms with Gasteiger partial charge in [-0.1, -0.05) is 38.1 Å². The average molecular weight is 488 g/mol. The fourth-order valence-corrected chi connectivity index (χ4v) is 5.94. The number of fused-ring (bicyclic) bond motifs is 1. The molecule has 0 atom stereocenters. The quantitative estimate of drug-likeness (QED) is 0.419. The summed E-state index contributed by atoms with van der Waals surface area (Å²) in [6, 6.07) is 10.4. The first-order valence-electron chi connectivity index (χ1n) is 13.0. The topological polar surface area (TPSA) is 87.8 Å². The number of hydrogen-bond donors (Lipinski definition) is 2. The summed E-state index contributed by atoms with van der Waals surface area (Å²) >= 11 is 0. The number of aliphatic hydroxyl groups excluding tert-OH is 1. The third-order valence-corrected chi connectivity index (χ3v) is 7.92. The molecule has 1 saturated heterocycles. The highest BCUT2D eigenvalue weighted by molar-refractivity contribution is 5.91. The number of nitrogens with zero attached hydrogens (tertiary/aromatic N) is 3. The van der Waals surface area contributed by atoms with Gasteiger partial charge in [0, 0.05) is 48.7 Å². The van der Waals surface area contributed by atoms with Gasteiger partial charge in [0.15, 0.2) is 0 Å². The van der Waals surface area contributed by atoms with Crippen LogP contribution in [-0.4, -0.2) is 47.3 Å². The Morgan fingerprint density at radius 3 is 2.56 bits per heavy atom. The van der Waals surface area contributed by atoms with Crippen LogP contribution in [0.1, 0.15) is 58.4 Å². The second kappa shape index (κ2) is 10.8. The normalized spacial score (nSPS) is 22.8. The van der Waals surface area contributed by atoms with Gasteiger partial charge in [-0.25, -0.2) is 4.79 Å². The summed E-state index contributed by atoms with van der Waals surface area (Å²) < 4.78 is 0. The van der Waals surface area contributed by atoms with E-state index < -0.39 is 5.97 Å². The Morgan fingerprint density at radius 1 is 1.19 bits per heavy atom. The van der Waals surface area contributed by atoms with Crippen LogP contribution in [0.2, 0.25) is 0 Å². The number of hydrogen-bond acceptors (Lipinski definition) is 5. The van der Waals surface area contributed by atoms with Crippen LogP contribution < -0.4 is 4.90 Å². The van der Waals surface area contributed by atoms with Crippen LogP contribution in [0.25, 0.3) is 0 Å². The average Bonchev–Trinajstić information content (AvgIpc) is 3.11. The number of carbonyl (C=O) groups is 1. The molecule has 0 unspecified atom stereocenters. The summed E-state index contributed by atoms with van der Waals surface area (Å²) in [6.45, 7) is 9.43. The highest BCUT2D eigenvalue weighted by atomic mass is 16.4. The maximum atomic E-state index is 11.6. The van der Waals surface area contributed by atoms with Crippen molar-refractivity contribution in [3.05, 3.63) is 76.2 Å². The van der Waals surface area contributed by atoms with E-state index in [4.69, 9.17) is 0 Å². The van der Waals surface area contributed by atoms with Crippen molar-refractivity contribution in [3.63, 3.8) is 0 Å². The van der Waals surface area contributed by atoms with Gasteiger partial charge < -0.3 is 20.0 Å². The second-order valence-electron chi connectivity index (χ2n) is 10.4. The van der Waals surface area contributed by atoms with Crippen LogP contribution in [0.15, 0.2) is 70.6 Å². The Bertz CT molecular complexity index is 1170. The number of allylic oxidation sites excluding steroid dienone is 6. The van der Waals surface area contributed by atoms with E-state index in [-0.39, 0.29) is 17.6 Å². The maximum absolute atomic E-state index is 11.6. The fraction of sp³-hybridized carbons (Fsp3) is 0.467. The zero-order valence-corrected chi connectivity index (χ0v) is 21.6. The van der Waals surface area contributed by atoms with E-state index in [0.717, 1.165) is 63.0 Å². The summed E-state index contributed by atoms with van der Waals surface area (Å²) in [6.07, 6.45) is 10.4. The van der Waals surface area contributed by atoms with Gasteiger partial charge in [-0.2, -0.15) is 5.26 Å². The molecule has 2 aliphatic heterocycles. The van der Waals surface area contributed by atoms with Crippen LogP contribution >= 0.6 is 0 Å². The molecular weight excluding hydrogens is 450 g/mol. The molecule has 1 aromatic rings. The zero-order chi connectivity index (χ0) is 25.9. The number of benzene rings is 1. The summed E-state index contributed by atoms with van der Waals surface area (Å²) in [7, 11) is 0. The summed E-state index contributed by atoms with van der Waals surface area (Å²) in [5.74, 6) is -0.880. The number of carboxylic acids is 1. The Balaban J connectivity index is 1.79. The van der Waals surface area contributed by atoms with Gasteiger partial charge in [-0.05, 0) is 79.9 Å². The molecule has 3 aliphatic rings. The molecule has 1 fully saturated rings. The lowest BCUT2D eigenvalue weighted by Gasteiger charge is -2.38. The van der Waals surface area contributed by atoms with E-state index in [1.165, 1.54) is 22.5 Å². The number of piperidine rings is 1. The Hall–Kier alpha value is -3.30. The number of para-hydroxylation sites is 1. The molecule has 0 amide bonds. The lowest BCUT2D eigenvalue weighted by Crippen LogP contribution is -2.36. The lowest BCUT2D eigenvalue weighted by atomic mass is 9.83. The van der Waals surface area contributed by atoms with Crippen molar-refractivity contribution in [2.45, 2.75) is 58.3 Å². The van der Waals surface area contributed by atoms with Crippen molar-refractivity contribution < 1.29 is 15.0 Å². The van der Waals surface area contributed by atoms with E-state index in [2.05, 4.69) is 67.0 Å². The Labute approximate surface area is 214 Å². The standard InChI is InChI=1S/C30H37N3O3/c1-4-33-26-11-6-5-10-25(26)30(2,3)27(33)13-12-22-8-7-9-23(18-24(19-31)29(35)36)28(22)32-16-14-21(20-34)15-17-32/h5-6,10-13,18,21,34H,4,7-9,14-17,20H2,1-3H3,(H,35,36)/b22-12+,24-18+,27-13+. The Kier molecular flexibility index (Phi) is 7.70. The van der Waals surface area contributed by atoms with Crippen LogP contribution in [-0.2, 0) is 10.2 Å². The van der Waals surface area contributed by atoms with Crippen molar-refractivity contribution in [3.8, 4) is 6.07 Å². The van der Waals surface area contributed by atoms with Crippen LogP contribution in [0.4, 0.5) is 5.69 Å². The fourth-order valence-electron chi connectivity index (χ4n) is 5.94. The van der Waals surface area contributed by atoms with Gasteiger partial charge in [-0.3, -0.25) is 0 Å². The first-order valence-corrected chi connectivity index (χ1v) is 13.0. The molecule has 0 aromatic heterocycles. The van der Waals surface area contributed by atoms with Gasteiger partial charge in [-0.15, -0.1) is 0 Å². The SMILES string of the molecule is CCN1/C(=C/C=C2\CCCC(/C=C(\C#N)C(=O)O)=C2N2CCC(CO)CC2)C(C)(C)c2ccccc21. The molecule has 4 rings (SSSR count). The number of nitriles is 1. The molecule has 0 spiro atoms. The van der Waals surface area contributed by atoms with Gasteiger partial charge in [0.25, 0.3) is 0 Å². The number of anilines is 1. The van der Waals surface area contributed by atoms with Gasteiger partial charge in [0.05, 0.1) is 0 Å². The van der Waals surface area contributed by atoms with Gasteiger partial charge in [0.2, 0.25) is 0 Å². The largest absolute Gasteiger partial charge is 0.477 e. The van der Waals surface area contributed by atoms with Crippen LogP contribution in [0.5, 0.6) is 0 Å². The summed E-state index contributed by atoms with van der Waals surface area (Å²) in [4.78, 5) is 16.3. The number of likely N-dealkylation sites (tertiary alicyclic amines) is 1.